The number of phenols is 1. The van der Waals surface area contributed by atoms with Crippen LogP contribution < -0.4 is 15.9 Å². The van der Waals surface area contributed by atoms with E-state index >= 15 is 0 Å². The minimum atomic E-state index is -2.64. The molecule has 2 aromatic carbocycles. The summed E-state index contributed by atoms with van der Waals surface area (Å²) in [5.41, 5.74) is 8.08. The van der Waals surface area contributed by atoms with Crippen molar-refractivity contribution < 1.29 is 23.2 Å². The molecule has 0 bridgehead atoms. The van der Waals surface area contributed by atoms with Gasteiger partial charge >= 0.3 is 4.87 Å². The third kappa shape index (κ3) is 7.78. The standard InChI is InChI=1S/C28H35ClF2N4O3S/c29-21-4-1-19(2-5-21)10-16-35(17-11-24(32)37,22-7-12-28(30,31)13-8-22)18-15-33-14-9-20-3-6-23(36)25-26(20)39-27(38)34-25/h1-6,22,33H,7-18H2,(H3-,32,34,36,37,38)/p+1. The van der Waals surface area contributed by atoms with Gasteiger partial charge in [-0.3, -0.25) is 9.59 Å². The number of halogens is 3. The van der Waals surface area contributed by atoms with E-state index in [9.17, 15) is 23.5 Å². The van der Waals surface area contributed by atoms with Crippen LogP contribution in [0.5, 0.6) is 5.75 Å². The van der Waals surface area contributed by atoms with E-state index in [4.69, 9.17) is 17.3 Å². The summed E-state index contributed by atoms with van der Waals surface area (Å²) in [6.45, 7) is 3.18. The maximum atomic E-state index is 14.1. The molecule has 0 aliphatic heterocycles. The van der Waals surface area contributed by atoms with Crippen LogP contribution in [-0.2, 0) is 17.6 Å². The number of phenolic OH excluding ortho intramolecular Hbond substituents is 1. The number of nitrogens with zero attached hydrogens (tertiary/aromatic N) is 1. The van der Waals surface area contributed by atoms with Gasteiger partial charge in [0, 0.05) is 43.7 Å². The van der Waals surface area contributed by atoms with E-state index in [1.807, 2.05) is 30.3 Å². The fourth-order valence-corrected chi connectivity index (χ4v) is 6.73. The second kappa shape index (κ2) is 12.8. The molecule has 0 saturated heterocycles. The van der Waals surface area contributed by atoms with Crippen molar-refractivity contribution in [1.82, 2.24) is 10.3 Å². The second-order valence-corrected chi connectivity index (χ2v) is 12.0. The van der Waals surface area contributed by atoms with E-state index in [0.717, 1.165) is 33.6 Å². The third-order valence-electron chi connectivity index (χ3n) is 7.97. The van der Waals surface area contributed by atoms with Gasteiger partial charge < -0.3 is 25.6 Å². The van der Waals surface area contributed by atoms with Gasteiger partial charge in [0.05, 0.1) is 36.8 Å². The molecule has 5 N–H and O–H groups in total. The average Bonchev–Trinajstić information content (AvgIpc) is 3.30. The maximum Gasteiger partial charge on any atom is 0.305 e. The molecule has 11 heteroatoms. The number of carbonyl (C=O) groups is 1. The quantitative estimate of drug-likeness (QED) is 0.175. The summed E-state index contributed by atoms with van der Waals surface area (Å²) >= 11 is 7.13. The van der Waals surface area contributed by atoms with Crippen LogP contribution in [0.1, 0.15) is 43.2 Å². The van der Waals surface area contributed by atoms with Gasteiger partial charge in [-0.2, -0.15) is 0 Å². The van der Waals surface area contributed by atoms with E-state index in [2.05, 4.69) is 10.3 Å². The minimum absolute atomic E-state index is 0.0203. The largest absolute Gasteiger partial charge is 0.506 e. The van der Waals surface area contributed by atoms with Crippen molar-refractivity contribution in [2.45, 2.75) is 56.9 Å². The monoisotopic (exact) mass is 581 g/mol. The first-order chi connectivity index (χ1) is 18.6. The summed E-state index contributed by atoms with van der Waals surface area (Å²) in [5.74, 6) is -2.97. The molecule has 0 radical (unpaired) electrons. The summed E-state index contributed by atoms with van der Waals surface area (Å²) in [6.07, 6.45) is 2.13. The Balaban J connectivity index is 1.46. The molecule has 4 rings (SSSR count). The fourth-order valence-electron chi connectivity index (χ4n) is 5.71. The van der Waals surface area contributed by atoms with E-state index in [0.29, 0.717) is 67.0 Å². The molecule has 1 aliphatic carbocycles. The summed E-state index contributed by atoms with van der Waals surface area (Å²) in [5, 5.41) is 14.2. The van der Waals surface area contributed by atoms with Crippen molar-refractivity contribution >= 4 is 39.1 Å². The fraction of sp³-hybridized carbons (Fsp3) is 0.500. The number of rotatable bonds is 13. The Morgan fingerprint density at radius 3 is 2.51 bits per heavy atom. The number of hydrogen-bond donors (Lipinski definition) is 4. The number of quaternary nitrogens is 1. The summed E-state index contributed by atoms with van der Waals surface area (Å²) < 4.78 is 29.5. The number of benzene rings is 2. The molecular formula is C28H36ClF2N4O3S+. The molecule has 7 nitrogen and oxygen atoms in total. The number of aromatic hydroxyl groups is 1. The maximum absolute atomic E-state index is 14.1. The number of fused-ring (bicyclic) bond motifs is 1. The zero-order valence-corrected chi connectivity index (χ0v) is 23.4. The van der Waals surface area contributed by atoms with E-state index in [1.165, 1.54) is 0 Å². The Kier molecular flexibility index (Phi) is 9.64. The summed E-state index contributed by atoms with van der Waals surface area (Å²) in [7, 11) is 0. The van der Waals surface area contributed by atoms with Crippen molar-refractivity contribution in [3.05, 3.63) is 62.2 Å². The molecule has 1 saturated carbocycles. The van der Waals surface area contributed by atoms with E-state index in [-0.39, 0.29) is 41.8 Å². The zero-order valence-electron chi connectivity index (χ0n) is 21.9. The van der Waals surface area contributed by atoms with Crippen LogP contribution in [0.25, 0.3) is 10.2 Å². The lowest BCUT2D eigenvalue weighted by atomic mass is 9.88. The van der Waals surface area contributed by atoms with Crippen molar-refractivity contribution in [2.75, 3.05) is 32.7 Å². The molecule has 3 aromatic rings. The molecule has 1 aromatic heterocycles. The number of amides is 1. The molecular weight excluding hydrogens is 546 g/mol. The Morgan fingerprint density at radius 2 is 1.82 bits per heavy atom. The Bertz CT molecular complexity index is 1320. The number of primary amides is 1. The number of nitrogens with two attached hydrogens (primary N) is 1. The van der Waals surface area contributed by atoms with Gasteiger partial charge in [-0.05, 0) is 42.3 Å². The van der Waals surface area contributed by atoms with Crippen LogP contribution in [0, 0.1) is 0 Å². The number of thiazole rings is 1. The summed E-state index contributed by atoms with van der Waals surface area (Å²) in [6, 6.07) is 11.1. The first kappa shape index (κ1) is 29.5. The number of nitrogens with one attached hydrogen (secondary N) is 2. The van der Waals surface area contributed by atoms with Gasteiger partial charge in [0.25, 0.3) is 0 Å². The number of aromatic nitrogens is 1. The predicted molar refractivity (Wildman–Crippen MR) is 152 cm³/mol. The summed E-state index contributed by atoms with van der Waals surface area (Å²) in [4.78, 5) is 26.1. The van der Waals surface area contributed by atoms with Gasteiger partial charge in [0.1, 0.15) is 11.3 Å². The molecule has 39 heavy (non-hydrogen) atoms. The smallest absolute Gasteiger partial charge is 0.305 e. The highest BCUT2D eigenvalue weighted by atomic mass is 35.5. The Hall–Kier alpha value is -2.53. The number of alkyl halides is 2. The van der Waals surface area contributed by atoms with E-state index in [1.54, 1.807) is 6.07 Å². The molecule has 212 valence electrons. The Morgan fingerprint density at radius 1 is 1.10 bits per heavy atom. The second-order valence-electron chi connectivity index (χ2n) is 10.5. The topological polar surface area (TPSA) is 108 Å². The molecule has 1 heterocycles. The molecule has 1 fully saturated rings. The van der Waals surface area contributed by atoms with Crippen molar-refractivity contribution in [2.24, 2.45) is 5.73 Å². The van der Waals surface area contributed by atoms with Crippen LogP contribution in [0.4, 0.5) is 8.78 Å². The van der Waals surface area contributed by atoms with Crippen molar-refractivity contribution in [3.63, 3.8) is 0 Å². The van der Waals surface area contributed by atoms with E-state index < -0.39 is 5.92 Å². The lowest BCUT2D eigenvalue weighted by Crippen LogP contribution is -2.61. The third-order valence-corrected chi connectivity index (χ3v) is 9.18. The number of aromatic amines is 1. The predicted octanol–water partition coefficient (Wildman–Crippen LogP) is 4.59. The molecule has 1 unspecified atom stereocenters. The first-order valence-electron chi connectivity index (χ1n) is 13.4. The first-order valence-corrected chi connectivity index (χ1v) is 14.6. The highest BCUT2D eigenvalue weighted by molar-refractivity contribution is 7.16. The van der Waals surface area contributed by atoms with Crippen LogP contribution >= 0.6 is 22.9 Å². The highest BCUT2D eigenvalue weighted by Gasteiger charge is 2.44. The lowest BCUT2D eigenvalue weighted by molar-refractivity contribution is -0.951. The highest BCUT2D eigenvalue weighted by Crippen LogP contribution is 2.38. The minimum Gasteiger partial charge on any atom is -0.506 e. The molecule has 0 spiro atoms. The van der Waals surface area contributed by atoms with Crippen LogP contribution in [0.15, 0.2) is 41.2 Å². The Labute approximate surface area is 235 Å². The normalized spacial score (nSPS) is 17.3. The van der Waals surface area contributed by atoms with Gasteiger partial charge in [-0.1, -0.05) is 41.1 Å². The SMILES string of the molecule is NC(=O)CC[N+](CCNCCc1ccc(O)c2[nH]c(=O)sc12)(CCc1ccc(Cl)cc1)C1CCC(F)(F)CC1. The van der Waals surface area contributed by atoms with Crippen LogP contribution in [0.3, 0.4) is 0 Å². The van der Waals surface area contributed by atoms with Gasteiger partial charge in [0.15, 0.2) is 0 Å². The van der Waals surface area contributed by atoms with Crippen LogP contribution in [-0.4, -0.2) is 65.2 Å². The van der Waals surface area contributed by atoms with Gasteiger partial charge in [-0.15, -0.1) is 0 Å². The van der Waals surface area contributed by atoms with Gasteiger partial charge in [0.2, 0.25) is 11.8 Å². The number of hydrogen-bond acceptors (Lipinski definition) is 5. The molecule has 1 amide bonds. The molecule has 1 atom stereocenters. The lowest BCUT2D eigenvalue weighted by Gasteiger charge is -2.47. The van der Waals surface area contributed by atoms with Gasteiger partial charge in [-0.25, -0.2) is 8.78 Å². The molecule has 1 aliphatic rings. The van der Waals surface area contributed by atoms with Crippen LogP contribution in [0.2, 0.25) is 5.02 Å². The van der Waals surface area contributed by atoms with Crippen molar-refractivity contribution in [1.29, 1.82) is 0 Å². The number of carbonyl (C=O) groups excluding carboxylic acids is 1. The zero-order chi connectivity index (χ0) is 28.0. The number of H-pyrrole nitrogens is 1. The van der Waals surface area contributed by atoms with Crippen molar-refractivity contribution in [3.8, 4) is 5.75 Å². The average molecular weight is 582 g/mol.